The summed E-state index contributed by atoms with van der Waals surface area (Å²) in [5, 5.41) is 0. The molecule has 0 bridgehead atoms. The maximum Gasteiger partial charge on any atom is 0.254 e. The minimum absolute atomic E-state index is 0.241. The van der Waals surface area contributed by atoms with Crippen LogP contribution < -0.4 is 0 Å². The van der Waals surface area contributed by atoms with E-state index in [0.717, 1.165) is 12.8 Å². The molecule has 0 aromatic carbocycles. The molecule has 4 unspecified atom stereocenters. The van der Waals surface area contributed by atoms with Crippen LogP contribution in [0.1, 0.15) is 74.1 Å². The standard InChI is InChI=1S/C10H18F2.C9H14F2.C2H6/c1-6(2)8-4-9(11)7(3)10(12)5-8;1-5(2)6-3-7-8(4-6)9(7,10)11;1-2/h6-10H,4-5H2,1-3H3;5-8H,3-4H2,1-2H3;1-2H3. The van der Waals surface area contributed by atoms with Gasteiger partial charge >= 0.3 is 0 Å². The van der Waals surface area contributed by atoms with Gasteiger partial charge in [-0.05, 0) is 49.4 Å². The van der Waals surface area contributed by atoms with Gasteiger partial charge in [0.25, 0.3) is 5.92 Å². The van der Waals surface area contributed by atoms with E-state index in [1.807, 2.05) is 27.7 Å². The van der Waals surface area contributed by atoms with Crippen molar-refractivity contribution in [3.05, 3.63) is 0 Å². The number of fused-ring (bicyclic) bond motifs is 1. The molecule has 25 heavy (non-hydrogen) atoms. The van der Waals surface area contributed by atoms with E-state index < -0.39 is 18.3 Å². The second kappa shape index (κ2) is 9.08. The third-order valence-corrected chi connectivity index (χ3v) is 6.56. The fourth-order valence-electron chi connectivity index (χ4n) is 4.27. The summed E-state index contributed by atoms with van der Waals surface area (Å²) in [6, 6.07) is 0. The van der Waals surface area contributed by atoms with Gasteiger partial charge in [0.1, 0.15) is 12.3 Å². The van der Waals surface area contributed by atoms with E-state index in [-0.39, 0.29) is 23.7 Å². The minimum atomic E-state index is -2.27. The molecule has 0 heterocycles. The molecule has 3 aliphatic rings. The summed E-state index contributed by atoms with van der Waals surface area (Å²) in [6.07, 6.45) is 0.797. The summed E-state index contributed by atoms with van der Waals surface area (Å²) in [7, 11) is 0. The molecule has 0 aliphatic heterocycles. The lowest BCUT2D eigenvalue weighted by atomic mass is 9.75. The van der Waals surface area contributed by atoms with Crippen molar-refractivity contribution < 1.29 is 17.6 Å². The van der Waals surface area contributed by atoms with Gasteiger partial charge in [0, 0.05) is 17.8 Å². The van der Waals surface area contributed by atoms with E-state index >= 15 is 0 Å². The van der Waals surface area contributed by atoms with Crippen molar-refractivity contribution in [3.63, 3.8) is 0 Å². The molecule has 3 aliphatic carbocycles. The molecule has 0 radical (unpaired) electrons. The fourth-order valence-corrected chi connectivity index (χ4v) is 4.27. The Bertz CT molecular complexity index is 367. The first kappa shape index (κ1) is 22.8. The second-order valence-corrected chi connectivity index (χ2v) is 8.73. The largest absolute Gasteiger partial charge is 0.254 e. The van der Waals surface area contributed by atoms with E-state index in [0.29, 0.717) is 30.6 Å². The Morgan fingerprint density at radius 3 is 1.36 bits per heavy atom. The van der Waals surface area contributed by atoms with Gasteiger partial charge in [-0.25, -0.2) is 17.6 Å². The van der Waals surface area contributed by atoms with E-state index in [4.69, 9.17) is 0 Å². The van der Waals surface area contributed by atoms with Gasteiger partial charge in [0.15, 0.2) is 0 Å². The van der Waals surface area contributed by atoms with Crippen molar-refractivity contribution in [3.8, 4) is 0 Å². The number of rotatable bonds is 2. The lowest BCUT2D eigenvalue weighted by Gasteiger charge is -2.34. The Morgan fingerprint density at radius 1 is 0.720 bits per heavy atom. The highest BCUT2D eigenvalue weighted by Crippen LogP contribution is 2.66. The lowest BCUT2D eigenvalue weighted by Crippen LogP contribution is -2.35. The summed E-state index contributed by atoms with van der Waals surface area (Å²) in [6.45, 7) is 14.0. The zero-order chi connectivity index (χ0) is 19.5. The molecule has 3 saturated carbocycles. The fraction of sp³-hybridized carbons (Fsp3) is 1.00. The number of halogens is 4. The van der Waals surface area contributed by atoms with Gasteiger partial charge in [-0.3, -0.25) is 0 Å². The van der Waals surface area contributed by atoms with Crippen LogP contribution in [0.25, 0.3) is 0 Å². The number of alkyl halides is 4. The maximum atomic E-state index is 13.2. The summed E-state index contributed by atoms with van der Waals surface area (Å²) in [4.78, 5) is 0. The van der Waals surface area contributed by atoms with Crippen LogP contribution in [0.15, 0.2) is 0 Å². The number of hydrogen-bond acceptors (Lipinski definition) is 0. The molecule has 0 aromatic heterocycles. The van der Waals surface area contributed by atoms with Crippen molar-refractivity contribution in [1.29, 1.82) is 0 Å². The molecule has 0 amide bonds. The molecule has 0 saturated heterocycles. The Kier molecular flexibility index (Phi) is 8.27. The SMILES string of the molecule is CC.CC(C)C1CC(F)C(C)C(F)C1.CC(C)C1CC2C(C1)C2(F)F. The molecule has 0 N–H and O–H groups in total. The van der Waals surface area contributed by atoms with Crippen LogP contribution in [0.3, 0.4) is 0 Å². The minimum Gasteiger partial charge on any atom is -0.247 e. The van der Waals surface area contributed by atoms with Gasteiger partial charge in [0.2, 0.25) is 0 Å². The molecule has 0 aromatic rings. The summed E-state index contributed by atoms with van der Waals surface area (Å²) in [5.41, 5.74) is 0. The van der Waals surface area contributed by atoms with Gasteiger partial charge in [-0.1, -0.05) is 48.5 Å². The first-order valence-corrected chi connectivity index (χ1v) is 10.2. The van der Waals surface area contributed by atoms with Gasteiger partial charge in [0.05, 0.1) is 0 Å². The molecule has 0 spiro atoms. The third-order valence-electron chi connectivity index (χ3n) is 6.56. The Labute approximate surface area is 152 Å². The van der Waals surface area contributed by atoms with Crippen LogP contribution in [-0.2, 0) is 0 Å². The average molecular weight is 367 g/mol. The van der Waals surface area contributed by atoms with Crippen molar-refractivity contribution in [2.24, 2.45) is 41.4 Å². The predicted molar refractivity (Wildman–Crippen MR) is 97.4 cm³/mol. The molecule has 0 nitrogen and oxygen atoms in total. The molecule has 150 valence electrons. The normalized spacial score (nSPS) is 41.4. The monoisotopic (exact) mass is 366 g/mol. The first-order chi connectivity index (χ1) is 11.6. The van der Waals surface area contributed by atoms with Crippen LogP contribution in [-0.4, -0.2) is 18.3 Å². The highest BCUT2D eigenvalue weighted by molar-refractivity contribution is 5.11. The van der Waals surface area contributed by atoms with Gasteiger partial charge < -0.3 is 0 Å². The summed E-state index contributed by atoms with van der Waals surface area (Å²) in [5.74, 6) is -1.32. The summed E-state index contributed by atoms with van der Waals surface area (Å²) >= 11 is 0. The summed E-state index contributed by atoms with van der Waals surface area (Å²) < 4.78 is 51.8. The van der Waals surface area contributed by atoms with Crippen molar-refractivity contribution in [2.45, 2.75) is 92.4 Å². The van der Waals surface area contributed by atoms with Crippen LogP contribution in [0.4, 0.5) is 17.6 Å². The zero-order valence-corrected chi connectivity index (χ0v) is 17.0. The van der Waals surface area contributed by atoms with Gasteiger partial charge in [-0.2, -0.15) is 0 Å². The maximum absolute atomic E-state index is 13.2. The van der Waals surface area contributed by atoms with E-state index in [1.165, 1.54) is 0 Å². The van der Waals surface area contributed by atoms with Crippen molar-refractivity contribution in [2.75, 3.05) is 0 Å². The second-order valence-electron chi connectivity index (χ2n) is 8.73. The highest BCUT2D eigenvalue weighted by Gasteiger charge is 2.71. The average Bonchev–Trinajstić information content (AvgIpc) is 2.93. The predicted octanol–water partition coefficient (Wildman–Crippen LogP) is 7.32. The van der Waals surface area contributed by atoms with E-state index in [2.05, 4.69) is 13.8 Å². The van der Waals surface area contributed by atoms with Crippen LogP contribution >= 0.6 is 0 Å². The van der Waals surface area contributed by atoms with E-state index in [9.17, 15) is 17.6 Å². The molecular weight excluding hydrogens is 328 g/mol. The third kappa shape index (κ3) is 5.35. The van der Waals surface area contributed by atoms with Crippen LogP contribution in [0.5, 0.6) is 0 Å². The van der Waals surface area contributed by atoms with Crippen LogP contribution in [0.2, 0.25) is 0 Å². The topological polar surface area (TPSA) is 0 Å². The zero-order valence-electron chi connectivity index (χ0n) is 17.0. The lowest BCUT2D eigenvalue weighted by molar-refractivity contribution is 0.0398. The Morgan fingerprint density at radius 2 is 1.04 bits per heavy atom. The van der Waals surface area contributed by atoms with Gasteiger partial charge in [-0.15, -0.1) is 0 Å². The van der Waals surface area contributed by atoms with Crippen LogP contribution in [0, 0.1) is 41.4 Å². The molecule has 4 heteroatoms. The Balaban J connectivity index is 0.000000228. The quantitative estimate of drug-likeness (QED) is 0.449. The van der Waals surface area contributed by atoms with Crippen molar-refractivity contribution >= 4 is 0 Å². The molecule has 3 rings (SSSR count). The van der Waals surface area contributed by atoms with E-state index in [1.54, 1.807) is 6.92 Å². The Hall–Kier alpha value is -0.280. The molecule has 3 fully saturated rings. The molecule has 4 atom stereocenters. The number of hydrogen-bond donors (Lipinski definition) is 0. The highest BCUT2D eigenvalue weighted by atomic mass is 19.3. The van der Waals surface area contributed by atoms with Crippen molar-refractivity contribution in [1.82, 2.24) is 0 Å². The first-order valence-electron chi connectivity index (χ1n) is 10.2. The molecular formula is C21H38F4. The smallest absolute Gasteiger partial charge is 0.247 e.